The van der Waals surface area contributed by atoms with Crippen molar-refractivity contribution in [1.82, 2.24) is 14.5 Å². The first-order chi connectivity index (χ1) is 20.8. The molecule has 2 heterocycles. The average Bonchev–Trinajstić information content (AvgIpc) is 3.64. The van der Waals surface area contributed by atoms with Crippen molar-refractivity contribution in [3.8, 4) is 28.2 Å². The molecular weight excluding hydrogens is 510 g/mol. The van der Waals surface area contributed by atoms with Crippen molar-refractivity contribution in [3.63, 3.8) is 0 Å². The van der Waals surface area contributed by atoms with E-state index in [4.69, 9.17) is 4.98 Å². The van der Waals surface area contributed by atoms with Gasteiger partial charge in [-0.25, -0.2) is 4.98 Å². The van der Waals surface area contributed by atoms with Crippen molar-refractivity contribution >= 4 is 54.4 Å². The van der Waals surface area contributed by atoms with Gasteiger partial charge >= 0.3 is 0 Å². The molecule has 1 N–H and O–H groups in total. The fourth-order valence-electron chi connectivity index (χ4n) is 6.61. The Labute approximate surface area is 242 Å². The minimum absolute atomic E-state index is 0.942. The number of para-hydroxylation sites is 3. The van der Waals surface area contributed by atoms with Gasteiger partial charge in [-0.2, -0.15) is 0 Å². The summed E-state index contributed by atoms with van der Waals surface area (Å²) in [7, 11) is 0. The van der Waals surface area contributed by atoms with Crippen LogP contribution in [0.15, 0.2) is 146 Å². The molecule has 3 nitrogen and oxygen atoms in total. The van der Waals surface area contributed by atoms with E-state index >= 15 is 0 Å². The molecule has 9 rings (SSSR count). The average molecular weight is 536 g/mol. The van der Waals surface area contributed by atoms with E-state index in [1.54, 1.807) is 0 Å². The van der Waals surface area contributed by atoms with Gasteiger partial charge in [0.1, 0.15) is 5.82 Å². The van der Waals surface area contributed by atoms with E-state index in [9.17, 15) is 0 Å². The molecule has 7 aromatic carbocycles. The number of benzene rings is 7. The SMILES string of the molecule is c1ccc(-n2c(-c3ccc(-c4cccc5ccc6[nH]c7c8ccccc8ccc7c6c45)cc3)nc3ccccc32)cc1. The maximum Gasteiger partial charge on any atom is 0.145 e. The van der Waals surface area contributed by atoms with Gasteiger partial charge in [-0.1, -0.05) is 115 Å². The summed E-state index contributed by atoms with van der Waals surface area (Å²) >= 11 is 0. The third kappa shape index (κ3) is 3.37. The molecule has 196 valence electrons. The molecule has 0 bridgehead atoms. The predicted molar refractivity (Wildman–Crippen MR) is 176 cm³/mol. The monoisotopic (exact) mass is 535 g/mol. The van der Waals surface area contributed by atoms with Gasteiger partial charge in [-0.3, -0.25) is 4.57 Å². The van der Waals surface area contributed by atoms with Crippen LogP contribution >= 0.6 is 0 Å². The minimum Gasteiger partial charge on any atom is -0.354 e. The van der Waals surface area contributed by atoms with Crippen LogP contribution in [0.5, 0.6) is 0 Å². The van der Waals surface area contributed by atoms with Gasteiger partial charge in [0, 0.05) is 32.9 Å². The fraction of sp³-hybridized carbons (Fsp3) is 0. The van der Waals surface area contributed by atoms with Crippen molar-refractivity contribution in [2.75, 3.05) is 0 Å². The fourth-order valence-corrected chi connectivity index (χ4v) is 6.61. The lowest BCUT2D eigenvalue weighted by molar-refractivity contribution is 1.10. The number of imidazole rings is 1. The van der Waals surface area contributed by atoms with Crippen molar-refractivity contribution in [3.05, 3.63) is 146 Å². The summed E-state index contributed by atoms with van der Waals surface area (Å²) < 4.78 is 2.25. The Bertz CT molecular complexity index is 2450. The van der Waals surface area contributed by atoms with Crippen LogP contribution in [0, 0.1) is 0 Å². The second-order valence-electron chi connectivity index (χ2n) is 10.9. The van der Waals surface area contributed by atoms with Crippen LogP contribution in [0.2, 0.25) is 0 Å². The molecule has 0 atom stereocenters. The normalized spacial score (nSPS) is 11.8. The van der Waals surface area contributed by atoms with E-state index in [0.717, 1.165) is 33.6 Å². The number of hydrogen-bond donors (Lipinski definition) is 1. The molecular formula is C39H25N3. The Morgan fingerprint density at radius 3 is 2.14 bits per heavy atom. The van der Waals surface area contributed by atoms with E-state index in [1.165, 1.54) is 49.0 Å². The maximum atomic E-state index is 5.06. The van der Waals surface area contributed by atoms with Gasteiger partial charge in [0.05, 0.1) is 16.6 Å². The third-order valence-electron chi connectivity index (χ3n) is 8.53. The van der Waals surface area contributed by atoms with E-state index in [0.29, 0.717) is 0 Å². The predicted octanol–water partition coefficient (Wildman–Crippen LogP) is 10.3. The molecule has 0 aliphatic rings. The number of aromatic nitrogens is 3. The van der Waals surface area contributed by atoms with Crippen LogP contribution in [0.4, 0.5) is 0 Å². The van der Waals surface area contributed by atoms with Gasteiger partial charge in [-0.05, 0) is 57.6 Å². The number of rotatable bonds is 3. The van der Waals surface area contributed by atoms with Gasteiger partial charge in [0.2, 0.25) is 0 Å². The van der Waals surface area contributed by atoms with Crippen molar-refractivity contribution in [1.29, 1.82) is 0 Å². The van der Waals surface area contributed by atoms with E-state index in [2.05, 4.69) is 149 Å². The van der Waals surface area contributed by atoms with Gasteiger partial charge in [0.25, 0.3) is 0 Å². The van der Waals surface area contributed by atoms with Crippen molar-refractivity contribution < 1.29 is 0 Å². The lowest BCUT2D eigenvalue weighted by Crippen LogP contribution is -1.97. The van der Waals surface area contributed by atoms with Crippen LogP contribution in [-0.4, -0.2) is 14.5 Å². The summed E-state index contributed by atoms with van der Waals surface area (Å²) in [6.07, 6.45) is 0. The zero-order valence-corrected chi connectivity index (χ0v) is 22.8. The zero-order valence-electron chi connectivity index (χ0n) is 22.8. The zero-order chi connectivity index (χ0) is 27.6. The topological polar surface area (TPSA) is 33.6 Å². The molecule has 2 aromatic heterocycles. The molecule has 9 aromatic rings. The highest BCUT2D eigenvalue weighted by atomic mass is 15.1. The highest BCUT2D eigenvalue weighted by Gasteiger charge is 2.16. The minimum atomic E-state index is 0.942. The van der Waals surface area contributed by atoms with E-state index in [1.807, 2.05) is 6.07 Å². The largest absolute Gasteiger partial charge is 0.354 e. The molecule has 0 saturated heterocycles. The Morgan fingerprint density at radius 2 is 1.24 bits per heavy atom. The highest BCUT2D eigenvalue weighted by molar-refractivity contribution is 6.27. The molecule has 0 amide bonds. The highest BCUT2D eigenvalue weighted by Crippen LogP contribution is 2.40. The summed E-state index contributed by atoms with van der Waals surface area (Å²) in [6, 6.07) is 51.9. The van der Waals surface area contributed by atoms with Crippen LogP contribution in [0.3, 0.4) is 0 Å². The van der Waals surface area contributed by atoms with Gasteiger partial charge < -0.3 is 4.98 Å². The van der Waals surface area contributed by atoms with Crippen molar-refractivity contribution in [2.45, 2.75) is 0 Å². The first-order valence-corrected chi connectivity index (χ1v) is 14.3. The molecule has 0 unspecified atom stereocenters. The number of nitrogens with zero attached hydrogens (tertiary/aromatic N) is 2. The standard InChI is InChI=1S/C39H25N3/c1-2-11-29(12-3-1)42-35-16-7-6-15-33(35)41-39(42)28-19-17-26(18-20-28)30-14-8-10-27-22-24-34-37(36(27)30)32-23-21-25-9-4-5-13-31(25)38(32)40-34/h1-24,40H. The molecule has 3 heteroatoms. The quantitative estimate of drug-likeness (QED) is 0.240. The van der Waals surface area contributed by atoms with Crippen LogP contribution in [0.25, 0.3) is 82.6 Å². The van der Waals surface area contributed by atoms with Crippen LogP contribution in [0.1, 0.15) is 0 Å². The molecule has 0 aliphatic carbocycles. The van der Waals surface area contributed by atoms with E-state index in [-0.39, 0.29) is 0 Å². The smallest absolute Gasteiger partial charge is 0.145 e. The summed E-state index contributed by atoms with van der Waals surface area (Å²) in [6.45, 7) is 0. The van der Waals surface area contributed by atoms with Gasteiger partial charge in [-0.15, -0.1) is 0 Å². The number of H-pyrrole nitrogens is 1. The summed E-state index contributed by atoms with van der Waals surface area (Å²) in [4.78, 5) is 8.81. The summed E-state index contributed by atoms with van der Waals surface area (Å²) in [5, 5.41) is 7.55. The second kappa shape index (κ2) is 8.92. The lowest BCUT2D eigenvalue weighted by atomic mass is 9.93. The first kappa shape index (κ1) is 23.1. The Kier molecular flexibility index (Phi) is 4.90. The molecule has 0 saturated carbocycles. The number of hydrogen-bond acceptors (Lipinski definition) is 1. The van der Waals surface area contributed by atoms with Gasteiger partial charge in [0.15, 0.2) is 0 Å². The van der Waals surface area contributed by atoms with Crippen LogP contribution in [-0.2, 0) is 0 Å². The number of nitrogens with one attached hydrogen (secondary N) is 1. The third-order valence-corrected chi connectivity index (χ3v) is 8.53. The Morgan fingerprint density at radius 1 is 0.500 bits per heavy atom. The molecule has 0 spiro atoms. The molecule has 0 fully saturated rings. The first-order valence-electron chi connectivity index (χ1n) is 14.3. The number of aromatic amines is 1. The summed E-state index contributed by atoms with van der Waals surface area (Å²) in [5.41, 5.74) is 9.06. The van der Waals surface area contributed by atoms with Crippen molar-refractivity contribution in [2.24, 2.45) is 0 Å². The molecule has 0 aliphatic heterocycles. The molecule has 42 heavy (non-hydrogen) atoms. The number of fused-ring (bicyclic) bond motifs is 8. The maximum absolute atomic E-state index is 5.06. The lowest BCUT2D eigenvalue weighted by Gasteiger charge is -2.12. The van der Waals surface area contributed by atoms with E-state index < -0.39 is 0 Å². The second-order valence-corrected chi connectivity index (χ2v) is 10.9. The Balaban J connectivity index is 1.25. The Hall–Kier alpha value is -5.67. The molecule has 0 radical (unpaired) electrons. The summed E-state index contributed by atoms with van der Waals surface area (Å²) in [5.74, 6) is 0.942. The van der Waals surface area contributed by atoms with Crippen LogP contribution < -0.4 is 0 Å².